The predicted molar refractivity (Wildman–Crippen MR) is 86.6 cm³/mol. The van der Waals surface area contributed by atoms with Gasteiger partial charge in [-0.25, -0.2) is 0 Å². The lowest BCUT2D eigenvalue weighted by Gasteiger charge is -2.12. The summed E-state index contributed by atoms with van der Waals surface area (Å²) in [4.78, 5) is 0. The molecule has 1 saturated carbocycles. The van der Waals surface area contributed by atoms with Gasteiger partial charge < -0.3 is 10.1 Å². The van der Waals surface area contributed by atoms with E-state index in [4.69, 9.17) is 4.74 Å². The topological polar surface area (TPSA) is 21.3 Å². The Balaban J connectivity index is 1.61. The lowest BCUT2D eigenvalue weighted by Crippen LogP contribution is -2.15. The van der Waals surface area contributed by atoms with Gasteiger partial charge >= 0.3 is 0 Å². The van der Waals surface area contributed by atoms with E-state index in [1.54, 1.807) is 0 Å². The summed E-state index contributed by atoms with van der Waals surface area (Å²) in [6.45, 7) is 5.82. The van der Waals surface area contributed by atoms with Gasteiger partial charge in [0.1, 0.15) is 12.4 Å². The van der Waals surface area contributed by atoms with Crippen LogP contribution in [-0.4, -0.2) is 6.04 Å². The molecule has 3 rings (SSSR count). The second-order valence-electron chi connectivity index (χ2n) is 5.96. The van der Waals surface area contributed by atoms with Crippen LogP contribution >= 0.6 is 0 Å². The van der Waals surface area contributed by atoms with E-state index in [0.717, 1.165) is 18.3 Å². The van der Waals surface area contributed by atoms with Crippen LogP contribution in [0, 0.1) is 13.8 Å². The molecule has 1 N–H and O–H groups in total. The minimum absolute atomic E-state index is 0.627. The Morgan fingerprint density at radius 1 is 1.05 bits per heavy atom. The standard InChI is InChI=1S/C19H23NO/c1-14-5-3-8-19(15(14)2)21-13-17-7-4-6-16(11-17)12-20-18-9-10-18/h3-8,11,18,20H,9-10,12-13H2,1-2H3. The third-order valence-electron chi connectivity index (χ3n) is 4.11. The summed E-state index contributed by atoms with van der Waals surface area (Å²) < 4.78 is 5.98. The third-order valence-corrected chi connectivity index (χ3v) is 4.11. The maximum Gasteiger partial charge on any atom is 0.122 e. The van der Waals surface area contributed by atoms with Gasteiger partial charge in [-0.15, -0.1) is 0 Å². The highest BCUT2D eigenvalue weighted by atomic mass is 16.5. The van der Waals surface area contributed by atoms with Crippen molar-refractivity contribution in [2.45, 2.75) is 45.9 Å². The van der Waals surface area contributed by atoms with Crippen LogP contribution in [0.1, 0.15) is 35.1 Å². The Bertz CT molecular complexity index is 617. The summed E-state index contributed by atoms with van der Waals surface area (Å²) in [5.41, 5.74) is 5.06. The molecule has 0 aliphatic heterocycles. The quantitative estimate of drug-likeness (QED) is 0.859. The fourth-order valence-electron chi connectivity index (χ4n) is 2.42. The molecule has 2 aromatic carbocycles. The van der Waals surface area contributed by atoms with Crippen molar-refractivity contribution >= 4 is 0 Å². The van der Waals surface area contributed by atoms with Crippen molar-refractivity contribution in [2.24, 2.45) is 0 Å². The molecule has 2 heteroatoms. The van der Waals surface area contributed by atoms with Gasteiger partial charge in [0, 0.05) is 12.6 Å². The van der Waals surface area contributed by atoms with Crippen molar-refractivity contribution in [2.75, 3.05) is 0 Å². The molecule has 0 heterocycles. The van der Waals surface area contributed by atoms with Crippen molar-refractivity contribution in [1.29, 1.82) is 0 Å². The molecule has 0 aromatic heterocycles. The van der Waals surface area contributed by atoms with Crippen molar-refractivity contribution in [3.05, 3.63) is 64.7 Å². The van der Waals surface area contributed by atoms with Crippen LogP contribution in [0.5, 0.6) is 5.75 Å². The lowest BCUT2D eigenvalue weighted by atomic mass is 10.1. The van der Waals surface area contributed by atoms with Gasteiger partial charge in [-0.2, -0.15) is 0 Å². The normalized spacial score (nSPS) is 14.2. The van der Waals surface area contributed by atoms with Gasteiger partial charge in [0.05, 0.1) is 0 Å². The SMILES string of the molecule is Cc1cccc(OCc2cccc(CNC3CC3)c2)c1C. The van der Waals surface area contributed by atoms with Crippen LogP contribution in [0.4, 0.5) is 0 Å². The summed E-state index contributed by atoms with van der Waals surface area (Å²) in [6.07, 6.45) is 2.66. The number of hydrogen-bond acceptors (Lipinski definition) is 2. The minimum atomic E-state index is 0.627. The van der Waals surface area contributed by atoms with Crippen LogP contribution in [0.25, 0.3) is 0 Å². The Hall–Kier alpha value is -1.80. The summed E-state index contributed by atoms with van der Waals surface area (Å²) >= 11 is 0. The van der Waals surface area contributed by atoms with Gasteiger partial charge in [-0.05, 0) is 55.0 Å². The van der Waals surface area contributed by atoms with Gasteiger partial charge in [0.25, 0.3) is 0 Å². The third kappa shape index (κ3) is 3.85. The predicted octanol–water partition coefficient (Wildman–Crippen LogP) is 4.13. The van der Waals surface area contributed by atoms with E-state index < -0.39 is 0 Å². The summed E-state index contributed by atoms with van der Waals surface area (Å²) in [5, 5.41) is 3.55. The second-order valence-corrected chi connectivity index (χ2v) is 5.96. The van der Waals surface area contributed by atoms with Gasteiger partial charge in [-0.3, -0.25) is 0 Å². The van der Waals surface area contributed by atoms with Crippen LogP contribution < -0.4 is 10.1 Å². The first kappa shape index (κ1) is 14.2. The number of nitrogens with one attached hydrogen (secondary N) is 1. The molecule has 1 aliphatic rings. The molecule has 2 nitrogen and oxygen atoms in total. The second kappa shape index (κ2) is 6.31. The molecular weight excluding hydrogens is 258 g/mol. The van der Waals surface area contributed by atoms with Crippen molar-refractivity contribution in [3.63, 3.8) is 0 Å². The highest BCUT2D eigenvalue weighted by Crippen LogP contribution is 2.22. The number of ether oxygens (including phenoxy) is 1. The highest BCUT2D eigenvalue weighted by Gasteiger charge is 2.19. The molecule has 1 aliphatic carbocycles. The molecule has 2 aromatic rings. The van der Waals surface area contributed by atoms with E-state index in [-0.39, 0.29) is 0 Å². The first-order chi connectivity index (χ1) is 10.2. The zero-order valence-electron chi connectivity index (χ0n) is 12.9. The zero-order valence-corrected chi connectivity index (χ0v) is 12.9. The average molecular weight is 281 g/mol. The van der Waals surface area contributed by atoms with Crippen molar-refractivity contribution in [1.82, 2.24) is 5.32 Å². The largest absolute Gasteiger partial charge is 0.489 e. The molecule has 0 amide bonds. The van der Waals surface area contributed by atoms with Gasteiger partial charge in [0.15, 0.2) is 0 Å². The summed E-state index contributed by atoms with van der Waals surface area (Å²) in [7, 11) is 0. The van der Waals surface area contributed by atoms with Crippen molar-refractivity contribution < 1.29 is 4.74 Å². The fraction of sp³-hybridized carbons (Fsp3) is 0.368. The maximum absolute atomic E-state index is 5.98. The summed E-state index contributed by atoms with van der Waals surface area (Å²) in [6, 6.07) is 15.6. The minimum Gasteiger partial charge on any atom is -0.489 e. The Morgan fingerprint density at radius 3 is 2.62 bits per heavy atom. The Morgan fingerprint density at radius 2 is 1.81 bits per heavy atom. The van der Waals surface area contributed by atoms with Crippen LogP contribution in [0.15, 0.2) is 42.5 Å². The number of hydrogen-bond donors (Lipinski definition) is 1. The molecule has 1 fully saturated rings. The summed E-state index contributed by atoms with van der Waals surface area (Å²) in [5.74, 6) is 0.983. The van der Waals surface area contributed by atoms with E-state index in [2.05, 4.69) is 49.5 Å². The van der Waals surface area contributed by atoms with Gasteiger partial charge in [-0.1, -0.05) is 36.4 Å². The molecule has 0 atom stereocenters. The molecule has 0 spiro atoms. The fourth-order valence-corrected chi connectivity index (χ4v) is 2.42. The first-order valence-corrected chi connectivity index (χ1v) is 7.72. The number of benzene rings is 2. The van der Waals surface area contributed by atoms with Crippen LogP contribution in [-0.2, 0) is 13.2 Å². The van der Waals surface area contributed by atoms with E-state index in [0.29, 0.717) is 6.61 Å². The van der Waals surface area contributed by atoms with E-state index >= 15 is 0 Å². The van der Waals surface area contributed by atoms with Gasteiger partial charge in [0.2, 0.25) is 0 Å². The molecule has 0 bridgehead atoms. The maximum atomic E-state index is 5.98. The molecular formula is C19H23NO. The molecule has 0 saturated heterocycles. The Labute approximate surface area is 127 Å². The molecule has 110 valence electrons. The number of aryl methyl sites for hydroxylation is 1. The molecule has 21 heavy (non-hydrogen) atoms. The molecule has 0 unspecified atom stereocenters. The monoisotopic (exact) mass is 281 g/mol. The lowest BCUT2D eigenvalue weighted by molar-refractivity contribution is 0.303. The van der Waals surface area contributed by atoms with Crippen molar-refractivity contribution in [3.8, 4) is 5.75 Å². The van der Waals surface area contributed by atoms with E-state index in [9.17, 15) is 0 Å². The Kier molecular flexibility index (Phi) is 4.26. The van der Waals surface area contributed by atoms with Crippen LogP contribution in [0.2, 0.25) is 0 Å². The number of rotatable bonds is 6. The molecule has 0 radical (unpaired) electrons. The first-order valence-electron chi connectivity index (χ1n) is 7.72. The highest BCUT2D eigenvalue weighted by molar-refractivity contribution is 5.38. The van der Waals surface area contributed by atoms with E-state index in [1.165, 1.54) is 35.1 Å². The van der Waals surface area contributed by atoms with E-state index in [1.807, 2.05) is 12.1 Å². The van der Waals surface area contributed by atoms with Crippen LogP contribution in [0.3, 0.4) is 0 Å². The zero-order chi connectivity index (χ0) is 14.7. The average Bonchev–Trinajstić information content (AvgIpc) is 3.31. The smallest absolute Gasteiger partial charge is 0.122 e.